The number of aromatic nitrogens is 2. The number of anilines is 1. The number of oxazole rings is 1. The Morgan fingerprint density at radius 2 is 1.94 bits per heavy atom. The van der Waals surface area contributed by atoms with Crippen molar-refractivity contribution < 1.29 is 9.15 Å². The Balaban J connectivity index is 1.46. The molecule has 0 spiro atoms. The lowest BCUT2D eigenvalue weighted by Gasteiger charge is -2.52. The summed E-state index contributed by atoms with van der Waals surface area (Å²) < 4.78 is 14.6. The summed E-state index contributed by atoms with van der Waals surface area (Å²) in [5.41, 5.74) is 6.45. The van der Waals surface area contributed by atoms with Crippen LogP contribution >= 0.6 is 0 Å². The Hall–Kier alpha value is -2.57. The number of para-hydroxylation sites is 1. The quantitative estimate of drug-likeness (QED) is 0.604. The van der Waals surface area contributed by atoms with E-state index in [2.05, 4.69) is 58.6 Å². The minimum absolute atomic E-state index is 0.0919. The van der Waals surface area contributed by atoms with E-state index in [4.69, 9.17) is 14.1 Å². The van der Waals surface area contributed by atoms with Crippen LogP contribution in [-0.2, 0) is 11.2 Å². The zero-order valence-electron chi connectivity index (χ0n) is 18.9. The number of rotatable bonds is 2. The number of piperidine rings is 1. The SMILES string of the molecule is Cc1nc(C2=C[C@]3(C)CCCN4CCc5c(n2c2ccccc52)[C@@H]43)oc1N1CCOCC1. The Morgan fingerprint density at radius 1 is 1.09 bits per heavy atom. The molecule has 6 nitrogen and oxygen atoms in total. The predicted octanol–water partition coefficient (Wildman–Crippen LogP) is 4.38. The van der Waals surface area contributed by atoms with Crippen LogP contribution in [-0.4, -0.2) is 53.8 Å². The fourth-order valence-electron chi connectivity index (χ4n) is 6.71. The van der Waals surface area contributed by atoms with Gasteiger partial charge in [0.1, 0.15) is 11.4 Å². The molecule has 6 heteroatoms. The fraction of sp³-hybridized carbons (Fsp3) is 0.500. The summed E-state index contributed by atoms with van der Waals surface area (Å²) in [6.07, 6.45) is 6.05. The first kappa shape index (κ1) is 18.9. The molecule has 1 aromatic carbocycles. The number of hydrogen-bond acceptors (Lipinski definition) is 5. The van der Waals surface area contributed by atoms with Crippen LogP contribution in [0.2, 0.25) is 0 Å². The fourth-order valence-corrected chi connectivity index (χ4v) is 6.71. The minimum atomic E-state index is 0.0919. The van der Waals surface area contributed by atoms with Crippen LogP contribution in [0.3, 0.4) is 0 Å². The Labute approximate surface area is 188 Å². The molecule has 32 heavy (non-hydrogen) atoms. The Kier molecular flexibility index (Phi) is 3.98. The van der Waals surface area contributed by atoms with Gasteiger partial charge >= 0.3 is 0 Å². The smallest absolute Gasteiger partial charge is 0.245 e. The molecule has 6 heterocycles. The van der Waals surface area contributed by atoms with Gasteiger partial charge in [-0.2, -0.15) is 0 Å². The standard InChI is InChI=1S/C26H30N4O2/c1-17-25(29-12-14-31-15-13-29)32-24(27-17)21-16-26(2)9-5-10-28-11-8-19-18-6-3-4-7-20(18)30(21)22(19)23(26)28/h3-4,6-7,16,23H,5,8-15H2,1-2H3/t23-,26+/m1/s1. The highest BCUT2D eigenvalue weighted by Crippen LogP contribution is 2.56. The molecule has 0 aliphatic carbocycles. The van der Waals surface area contributed by atoms with Gasteiger partial charge in [0.05, 0.1) is 24.8 Å². The molecular formula is C26H30N4O2. The van der Waals surface area contributed by atoms with Gasteiger partial charge in [0.25, 0.3) is 0 Å². The van der Waals surface area contributed by atoms with Gasteiger partial charge < -0.3 is 18.6 Å². The van der Waals surface area contributed by atoms with E-state index in [1.807, 2.05) is 0 Å². The van der Waals surface area contributed by atoms with E-state index in [1.54, 1.807) is 0 Å². The molecule has 2 saturated heterocycles. The first-order valence-corrected chi connectivity index (χ1v) is 12.0. The van der Waals surface area contributed by atoms with Crippen LogP contribution in [0.4, 0.5) is 5.88 Å². The van der Waals surface area contributed by atoms with E-state index in [1.165, 1.54) is 41.5 Å². The molecule has 4 aliphatic rings. The van der Waals surface area contributed by atoms with Gasteiger partial charge in [0.15, 0.2) is 0 Å². The van der Waals surface area contributed by atoms with Crippen molar-refractivity contribution in [1.82, 2.24) is 14.5 Å². The van der Waals surface area contributed by atoms with E-state index in [-0.39, 0.29) is 5.41 Å². The van der Waals surface area contributed by atoms with E-state index < -0.39 is 0 Å². The number of nitrogens with zero attached hydrogens (tertiary/aromatic N) is 4. The molecule has 2 fully saturated rings. The average Bonchev–Trinajstić information content (AvgIpc) is 3.37. The third-order valence-corrected chi connectivity index (χ3v) is 8.08. The summed E-state index contributed by atoms with van der Waals surface area (Å²) in [7, 11) is 0. The highest BCUT2D eigenvalue weighted by Gasteiger charge is 2.49. The molecule has 4 aliphatic heterocycles. The van der Waals surface area contributed by atoms with E-state index in [0.29, 0.717) is 6.04 Å². The molecule has 0 N–H and O–H groups in total. The zero-order chi connectivity index (χ0) is 21.4. The molecule has 3 aromatic rings. The van der Waals surface area contributed by atoms with Crippen molar-refractivity contribution in [3.63, 3.8) is 0 Å². The third-order valence-electron chi connectivity index (χ3n) is 8.08. The highest BCUT2D eigenvalue weighted by molar-refractivity contribution is 5.91. The normalized spacial score (nSPS) is 27.5. The number of ether oxygens (including phenoxy) is 1. The maximum Gasteiger partial charge on any atom is 0.245 e. The first-order valence-electron chi connectivity index (χ1n) is 12.0. The average molecular weight is 431 g/mol. The summed E-state index contributed by atoms with van der Waals surface area (Å²) in [5, 5.41) is 1.39. The minimum Gasteiger partial charge on any atom is -0.419 e. The van der Waals surface area contributed by atoms with E-state index in [0.717, 1.165) is 62.4 Å². The second-order valence-corrected chi connectivity index (χ2v) is 10.1. The lowest BCUT2D eigenvalue weighted by atomic mass is 9.69. The van der Waals surface area contributed by atoms with Gasteiger partial charge in [-0.05, 0) is 50.4 Å². The summed E-state index contributed by atoms with van der Waals surface area (Å²) in [6.45, 7) is 10.0. The second-order valence-electron chi connectivity index (χ2n) is 10.1. The molecule has 0 radical (unpaired) electrons. The number of morpholine rings is 1. The molecule has 7 rings (SSSR count). The van der Waals surface area contributed by atoms with Crippen molar-refractivity contribution in [2.24, 2.45) is 5.41 Å². The number of benzene rings is 1. The molecule has 0 bridgehead atoms. The van der Waals surface area contributed by atoms with Gasteiger partial charge in [-0.15, -0.1) is 0 Å². The highest BCUT2D eigenvalue weighted by atomic mass is 16.5. The first-order chi connectivity index (χ1) is 15.6. The van der Waals surface area contributed by atoms with Crippen LogP contribution in [0.1, 0.15) is 48.6 Å². The Morgan fingerprint density at radius 3 is 2.81 bits per heavy atom. The maximum absolute atomic E-state index is 6.53. The molecule has 0 amide bonds. The van der Waals surface area contributed by atoms with E-state index >= 15 is 0 Å². The van der Waals surface area contributed by atoms with Gasteiger partial charge in [-0.1, -0.05) is 25.1 Å². The van der Waals surface area contributed by atoms with Crippen molar-refractivity contribution in [2.45, 2.75) is 39.2 Å². The number of aryl methyl sites for hydroxylation is 1. The zero-order valence-corrected chi connectivity index (χ0v) is 18.9. The number of fused-ring (bicyclic) bond motifs is 3. The van der Waals surface area contributed by atoms with Crippen LogP contribution in [0, 0.1) is 12.3 Å². The van der Waals surface area contributed by atoms with Gasteiger partial charge in [0.2, 0.25) is 11.8 Å². The monoisotopic (exact) mass is 430 g/mol. The third kappa shape index (κ3) is 2.51. The van der Waals surface area contributed by atoms with Crippen molar-refractivity contribution >= 4 is 22.5 Å². The molecule has 2 atom stereocenters. The Bertz CT molecular complexity index is 1250. The summed E-state index contributed by atoms with van der Waals surface area (Å²) in [4.78, 5) is 9.97. The van der Waals surface area contributed by atoms with Gasteiger partial charge in [0, 0.05) is 36.1 Å². The van der Waals surface area contributed by atoms with Crippen LogP contribution in [0.25, 0.3) is 16.6 Å². The van der Waals surface area contributed by atoms with Crippen molar-refractivity contribution in [3.05, 3.63) is 53.2 Å². The summed E-state index contributed by atoms with van der Waals surface area (Å²) in [5.74, 6) is 1.64. The topological polar surface area (TPSA) is 46.7 Å². The molecule has 2 aromatic heterocycles. The van der Waals surface area contributed by atoms with Crippen LogP contribution in [0.5, 0.6) is 0 Å². The van der Waals surface area contributed by atoms with E-state index in [9.17, 15) is 0 Å². The van der Waals surface area contributed by atoms with Gasteiger partial charge in [-0.3, -0.25) is 4.90 Å². The van der Waals surface area contributed by atoms with Crippen LogP contribution < -0.4 is 4.90 Å². The molecule has 166 valence electrons. The van der Waals surface area contributed by atoms with Crippen molar-refractivity contribution in [3.8, 4) is 0 Å². The lowest BCUT2D eigenvalue weighted by Crippen LogP contribution is -2.49. The van der Waals surface area contributed by atoms with Gasteiger partial charge in [-0.25, -0.2) is 4.98 Å². The molecule has 0 saturated carbocycles. The maximum atomic E-state index is 6.53. The second kappa shape index (κ2) is 6.72. The predicted molar refractivity (Wildman–Crippen MR) is 125 cm³/mol. The van der Waals surface area contributed by atoms with Crippen molar-refractivity contribution in [2.75, 3.05) is 44.3 Å². The number of hydrogen-bond donors (Lipinski definition) is 0. The lowest BCUT2D eigenvalue weighted by molar-refractivity contribution is 0.0409. The summed E-state index contributed by atoms with van der Waals surface area (Å²) >= 11 is 0. The molecular weight excluding hydrogens is 400 g/mol. The molecule has 0 unspecified atom stereocenters. The van der Waals surface area contributed by atoms with Crippen LogP contribution in [0.15, 0.2) is 34.8 Å². The summed E-state index contributed by atoms with van der Waals surface area (Å²) in [6, 6.07) is 9.32. The largest absolute Gasteiger partial charge is 0.419 e. The van der Waals surface area contributed by atoms with Crippen molar-refractivity contribution in [1.29, 1.82) is 0 Å².